The molecule has 0 unspecified atom stereocenters. The zero-order valence-corrected chi connectivity index (χ0v) is 14.2. The number of hydrogen-bond donors (Lipinski definition) is 1. The third kappa shape index (κ3) is 5.60. The highest BCUT2D eigenvalue weighted by Gasteiger charge is 2.12. The lowest BCUT2D eigenvalue weighted by Crippen LogP contribution is -2.30. The van der Waals surface area contributed by atoms with Crippen LogP contribution in [0.5, 0.6) is 11.5 Å². The Morgan fingerprint density at radius 2 is 1.84 bits per heavy atom. The number of nitrogens with one attached hydrogen (secondary N) is 1. The molecule has 0 aliphatic carbocycles. The normalized spacial score (nSPS) is 10.2. The molecule has 0 saturated carbocycles. The summed E-state index contributed by atoms with van der Waals surface area (Å²) in [5.41, 5.74) is 1.29. The average Bonchev–Trinajstić information content (AvgIpc) is 2.61. The number of halogens is 1. The van der Waals surface area contributed by atoms with Crippen molar-refractivity contribution in [3.8, 4) is 11.5 Å². The standard InChI is InChI=1S/C19H20FNO4/c1-13(22)17-11-16(24-2)7-8-18(17)25-12-19(23)21-10-9-14-3-5-15(20)6-4-14/h3-8,11H,9-10,12H2,1-2H3,(H,21,23). The number of Topliss-reactive ketones (excluding diaryl/α,β-unsaturated/α-hetero) is 1. The molecule has 1 amide bonds. The Kier molecular flexibility index (Phi) is 6.51. The van der Waals surface area contributed by atoms with Crippen molar-refractivity contribution in [2.45, 2.75) is 13.3 Å². The van der Waals surface area contributed by atoms with Gasteiger partial charge in [-0.25, -0.2) is 4.39 Å². The molecule has 5 nitrogen and oxygen atoms in total. The first-order chi connectivity index (χ1) is 12.0. The summed E-state index contributed by atoms with van der Waals surface area (Å²) in [5, 5.41) is 2.72. The van der Waals surface area contributed by atoms with Crippen LogP contribution in [-0.4, -0.2) is 32.0 Å². The maximum absolute atomic E-state index is 12.8. The fourth-order valence-corrected chi connectivity index (χ4v) is 2.23. The van der Waals surface area contributed by atoms with Crippen LogP contribution in [0.2, 0.25) is 0 Å². The van der Waals surface area contributed by atoms with Crippen molar-refractivity contribution < 1.29 is 23.5 Å². The van der Waals surface area contributed by atoms with Crippen LogP contribution in [0, 0.1) is 5.82 Å². The first-order valence-corrected chi connectivity index (χ1v) is 7.82. The summed E-state index contributed by atoms with van der Waals surface area (Å²) in [6.45, 7) is 1.64. The van der Waals surface area contributed by atoms with E-state index in [4.69, 9.17) is 9.47 Å². The average molecular weight is 345 g/mol. The molecule has 0 aliphatic rings. The minimum absolute atomic E-state index is 0.175. The first kappa shape index (κ1) is 18.4. The summed E-state index contributed by atoms with van der Waals surface area (Å²) in [6.07, 6.45) is 0.591. The van der Waals surface area contributed by atoms with Crippen LogP contribution in [0.25, 0.3) is 0 Å². The molecule has 0 radical (unpaired) electrons. The number of carbonyl (C=O) groups excluding carboxylic acids is 2. The second-order valence-corrected chi connectivity index (χ2v) is 5.43. The fraction of sp³-hybridized carbons (Fsp3) is 0.263. The summed E-state index contributed by atoms with van der Waals surface area (Å²) < 4.78 is 23.3. The van der Waals surface area contributed by atoms with E-state index in [1.165, 1.54) is 26.2 Å². The van der Waals surface area contributed by atoms with Gasteiger partial charge in [-0.2, -0.15) is 0 Å². The highest BCUT2D eigenvalue weighted by Crippen LogP contribution is 2.24. The Morgan fingerprint density at radius 1 is 1.12 bits per heavy atom. The zero-order valence-electron chi connectivity index (χ0n) is 14.2. The molecule has 0 heterocycles. The van der Waals surface area contributed by atoms with E-state index < -0.39 is 0 Å². The van der Waals surface area contributed by atoms with Crippen molar-refractivity contribution in [1.29, 1.82) is 0 Å². The van der Waals surface area contributed by atoms with E-state index in [-0.39, 0.29) is 24.1 Å². The highest BCUT2D eigenvalue weighted by atomic mass is 19.1. The molecular weight excluding hydrogens is 325 g/mol. The van der Waals surface area contributed by atoms with E-state index >= 15 is 0 Å². The zero-order chi connectivity index (χ0) is 18.2. The van der Waals surface area contributed by atoms with Crippen LogP contribution < -0.4 is 14.8 Å². The third-order valence-corrected chi connectivity index (χ3v) is 3.57. The van der Waals surface area contributed by atoms with E-state index in [0.717, 1.165) is 5.56 Å². The number of ketones is 1. The van der Waals surface area contributed by atoms with Crippen LogP contribution in [0.4, 0.5) is 4.39 Å². The number of hydrogen-bond acceptors (Lipinski definition) is 4. The molecule has 0 fully saturated rings. The molecule has 1 N–H and O–H groups in total. The quantitative estimate of drug-likeness (QED) is 0.747. The van der Waals surface area contributed by atoms with Crippen molar-refractivity contribution in [2.24, 2.45) is 0 Å². The molecule has 0 spiro atoms. The van der Waals surface area contributed by atoms with Crippen LogP contribution in [-0.2, 0) is 11.2 Å². The van der Waals surface area contributed by atoms with Crippen LogP contribution in [0.1, 0.15) is 22.8 Å². The second-order valence-electron chi connectivity index (χ2n) is 5.43. The smallest absolute Gasteiger partial charge is 0.257 e. The lowest BCUT2D eigenvalue weighted by atomic mass is 10.1. The van der Waals surface area contributed by atoms with Crippen molar-refractivity contribution in [3.63, 3.8) is 0 Å². The number of ether oxygens (including phenoxy) is 2. The van der Waals surface area contributed by atoms with Crippen molar-refractivity contribution in [1.82, 2.24) is 5.32 Å². The first-order valence-electron chi connectivity index (χ1n) is 7.82. The maximum atomic E-state index is 12.8. The van der Waals surface area contributed by atoms with E-state index in [0.29, 0.717) is 30.0 Å². The molecule has 0 atom stereocenters. The molecule has 2 rings (SSSR count). The molecule has 132 valence electrons. The van der Waals surface area contributed by atoms with Gasteiger partial charge >= 0.3 is 0 Å². The number of amides is 1. The van der Waals surface area contributed by atoms with Gasteiger partial charge in [-0.1, -0.05) is 12.1 Å². The summed E-state index contributed by atoms with van der Waals surface area (Å²) in [6, 6.07) is 10.9. The van der Waals surface area contributed by atoms with Crippen LogP contribution >= 0.6 is 0 Å². The van der Waals surface area contributed by atoms with Gasteiger partial charge in [0.15, 0.2) is 12.4 Å². The molecule has 25 heavy (non-hydrogen) atoms. The van der Waals surface area contributed by atoms with Crippen molar-refractivity contribution >= 4 is 11.7 Å². The van der Waals surface area contributed by atoms with Gasteiger partial charge < -0.3 is 14.8 Å². The van der Waals surface area contributed by atoms with E-state index in [9.17, 15) is 14.0 Å². The molecular formula is C19H20FNO4. The number of carbonyl (C=O) groups is 2. The SMILES string of the molecule is COc1ccc(OCC(=O)NCCc2ccc(F)cc2)c(C(C)=O)c1. The van der Waals surface area contributed by atoms with E-state index in [2.05, 4.69) is 5.32 Å². The maximum Gasteiger partial charge on any atom is 0.257 e. The Hall–Kier alpha value is -2.89. The van der Waals surface area contributed by atoms with Crippen molar-refractivity contribution in [2.75, 3.05) is 20.3 Å². The lowest BCUT2D eigenvalue weighted by Gasteiger charge is -2.11. The van der Waals surface area contributed by atoms with Crippen LogP contribution in [0.3, 0.4) is 0 Å². The number of methoxy groups -OCH3 is 1. The largest absolute Gasteiger partial charge is 0.497 e. The van der Waals surface area contributed by atoms with E-state index in [1.807, 2.05) is 0 Å². The molecule has 2 aromatic rings. The van der Waals surface area contributed by atoms with Gasteiger partial charge in [0.05, 0.1) is 12.7 Å². The minimum atomic E-state index is -0.299. The van der Waals surface area contributed by atoms with Gasteiger partial charge in [-0.15, -0.1) is 0 Å². The van der Waals surface area contributed by atoms with Gasteiger partial charge in [-0.3, -0.25) is 9.59 Å². The molecule has 0 saturated heterocycles. The van der Waals surface area contributed by atoms with Gasteiger partial charge in [0, 0.05) is 6.54 Å². The molecule has 0 bridgehead atoms. The Labute approximate surface area is 145 Å². The monoisotopic (exact) mass is 345 g/mol. The Balaban J connectivity index is 1.83. The van der Waals surface area contributed by atoms with Gasteiger partial charge in [0.2, 0.25) is 0 Å². The summed E-state index contributed by atoms with van der Waals surface area (Å²) in [5.74, 6) is 0.114. The Bertz CT molecular complexity index is 744. The third-order valence-electron chi connectivity index (χ3n) is 3.57. The van der Waals surface area contributed by atoms with Crippen LogP contribution in [0.15, 0.2) is 42.5 Å². The number of benzene rings is 2. The number of rotatable bonds is 8. The summed E-state index contributed by atoms with van der Waals surface area (Å²) in [4.78, 5) is 23.5. The van der Waals surface area contributed by atoms with Gasteiger partial charge in [0.25, 0.3) is 5.91 Å². The molecule has 2 aromatic carbocycles. The van der Waals surface area contributed by atoms with Gasteiger partial charge in [-0.05, 0) is 49.2 Å². The molecule has 6 heteroatoms. The topological polar surface area (TPSA) is 64.6 Å². The molecule has 0 aromatic heterocycles. The summed E-state index contributed by atoms with van der Waals surface area (Å²) >= 11 is 0. The Morgan fingerprint density at radius 3 is 2.48 bits per heavy atom. The predicted octanol–water partition coefficient (Wildman–Crippen LogP) is 2.77. The minimum Gasteiger partial charge on any atom is -0.497 e. The fourth-order valence-electron chi connectivity index (χ4n) is 2.23. The molecule has 0 aliphatic heterocycles. The summed E-state index contributed by atoms with van der Waals surface area (Å²) in [7, 11) is 1.51. The lowest BCUT2D eigenvalue weighted by molar-refractivity contribution is -0.123. The van der Waals surface area contributed by atoms with Crippen molar-refractivity contribution in [3.05, 3.63) is 59.4 Å². The van der Waals surface area contributed by atoms with E-state index in [1.54, 1.807) is 30.3 Å². The van der Waals surface area contributed by atoms with Gasteiger partial charge in [0.1, 0.15) is 17.3 Å². The predicted molar refractivity (Wildman–Crippen MR) is 91.6 cm³/mol. The second kappa shape index (κ2) is 8.82. The highest BCUT2D eigenvalue weighted by molar-refractivity contribution is 5.97.